The molecule has 0 aliphatic carbocycles. The van der Waals surface area contributed by atoms with Crippen LogP contribution in [-0.4, -0.2) is 13.0 Å². The van der Waals surface area contributed by atoms with Gasteiger partial charge in [-0.3, -0.25) is 4.79 Å². The smallest absolute Gasteiger partial charge is 0.262 e. The average molecular weight is 341 g/mol. The van der Waals surface area contributed by atoms with E-state index < -0.39 is 0 Å². The molecular formula is C19H19NO3S. The highest BCUT2D eigenvalue weighted by molar-refractivity contribution is 7.09. The fourth-order valence-electron chi connectivity index (χ4n) is 2.59. The molecule has 0 bridgehead atoms. The van der Waals surface area contributed by atoms with E-state index in [-0.39, 0.29) is 5.91 Å². The Morgan fingerprint density at radius 2 is 1.96 bits per heavy atom. The number of anilines is 1. The number of carbonyl (C=O) groups is 1. The summed E-state index contributed by atoms with van der Waals surface area (Å²) < 4.78 is 10.7. The number of aryl methyl sites for hydroxylation is 2. The molecule has 4 nitrogen and oxygen atoms in total. The number of thiophene rings is 1. The third kappa shape index (κ3) is 3.36. The van der Waals surface area contributed by atoms with Crippen molar-refractivity contribution < 1.29 is 13.9 Å². The number of furan rings is 1. The SMILES string of the molecule is COc1ccc(N(Cc2cccs2)C(=O)c2cc(C)oc2C)cc1. The lowest BCUT2D eigenvalue weighted by Gasteiger charge is -2.22. The van der Waals surface area contributed by atoms with Crippen molar-refractivity contribution in [3.63, 3.8) is 0 Å². The summed E-state index contributed by atoms with van der Waals surface area (Å²) in [6.45, 7) is 4.19. The summed E-state index contributed by atoms with van der Waals surface area (Å²) in [5.74, 6) is 2.07. The number of amides is 1. The Kier molecular flexibility index (Phi) is 4.71. The van der Waals surface area contributed by atoms with Gasteiger partial charge in [0.05, 0.1) is 19.2 Å². The first-order valence-corrected chi connectivity index (χ1v) is 8.52. The van der Waals surface area contributed by atoms with Gasteiger partial charge in [-0.2, -0.15) is 0 Å². The van der Waals surface area contributed by atoms with E-state index in [0.29, 0.717) is 17.9 Å². The van der Waals surface area contributed by atoms with Crippen LogP contribution >= 0.6 is 11.3 Å². The molecule has 5 heteroatoms. The van der Waals surface area contributed by atoms with Crippen LogP contribution in [0, 0.1) is 13.8 Å². The van der Waals surface area contributed by atoms with Crippen molar-refractivity contribution in [2.75, 3.05) is 12.0 Å². The minimum atomic E-state index is -0.0667. The number of ether oxygens (including phenoxy) is 1. The van der Waals surface area contributed by atoms with Gasteiger partial charge in [0.1, 0.15) is 17.3 Å². The summed E-state index contributed by atoms with van der Waals surface area (Å²) in [5.41, 5.74) is 1.42. The van der Waals surface area contributed by atoms with E-state index in [1.807, 2.05) is 55.6 Å². The summed E-state index contributed by atoms with van der Waals surface area (Å²) in [6.07, 6.45) is 0. The minimum absolute atomic E-state index is 0.0667. The molecule has 3 aromatic rings. The molecule has 1 aromatic carbocycles. The molecule has 0 radical (unpaired) electrons. The molecule has 3 rings (SSSR count). The molecular weight excluding hydrogens is 322 g/mol. The molecule has 1 amide bonds. The lowest BCUT2D eigenvalue weighted by atomic mass is 10.2. The second-order valence-corrected chi connectivity index (χ2v) is 6.53. The van der Waals surface area contributed by atoms with E-state index >= 15 is 0 Å². The second-order valence-electron chi connectivity index (χ2n) is 5.50. The standard InChI is InChI=1S/C19H19NO3S/c1-13-11-18(14(2)23-13)19(21)20(12-17-5-4-10-24-17)15-6-8-16(22-3)9-7-15/h4-11H,12H2,1-3H3. The van der Waals surface area contributed by atoms with Gasteiger partial charge >= 0.3 is 0 Å². The van der Waals surface area contributed by atoms with E-state index in [1.165, 1.54) is 0 Å². The Bertz CT molecular complexity index is 819. The highest BCUT2D eigenvalue weighted by atomic mass is 32.1. The molecule has 124 valence electrons. The number of carbonyl (C=O) groups excluding carboxylic acids is 1. The van der Waals surface area contributed by atoms with Crippen molar-refractivity contribution in [1.82, 2.24) is 0 Å². The molecule has 0 saturated heterocycles. The topological polar surface area (TPSA) is 42.7 Å². The predicted octanol–water partition coefficient (Wildman–Crippen LogP) is 4.81. The lowest BCUT2D eigenvalue weighted by molar-refractivity contribution is 0.0984. The van der Waals surface area contributed by atoms with Crippen molar-refractivity contribution in [2.45, 2.75) is 20.4 Å². The third-order valence-electron chi connectivity index (χ3n) is 3.79. The molecule has 0 atom stereocenters. The fraction of sp³-hybridized carbons (Fsp3) is 0.211. The normalized spacial score (nSPS) is 10.6. The van der Waals surface area contributed by atoms with Crippen LogP contribution in [0.4, 0.5) is 5.69 Å². The molecule has 0 N–H and O–H groups in total. The Morgan fingerprint density at radius 3 is 2.50 bits per heavy atom. The first-order chi connectivity index (χ1) is 11.6. The van der Waals surface area contributed by atoms with Crippen LogP contribution in [-0.2, 0) is 6.54 Å². The number of benzene rings is 1. The maximum absolute atomic E-state index is 13.1. The highest BCUT2D eigenvalue weighted by Gasteiger charge is 2.22. The number of rotatable bonds is 5. The van der Waals surface area contributed by atoms with Crippen molar-refractivity contribution >= 4 is 22.9 Å². The summed E-state index contributed by atoms with van der Waals surface area (Å²) in [7, 11) is 1.63. The molecule has 0 spiro atoms. The lowest BCUT2D eigenvalue weighted by Crippen LogP contribution is -2.30. The van der Waals surface area contributed by atoms with Crippen molar-refractivity contribution in [1.29, 1.82) is 0 Å². The zero-order valence-corrected chi connectivity index (χ0v) is 14.7. The van der Waals surface area contributed by atoms with Crippen LogP contribution in [0.5, 0.6) is 5.75 Å². The Hall–Kier alpha value is -2.53. The van der Waals surface area contributed by atoms with Gasteiger partial charge in [-0.1, -0.05) is 6.07 Å². The minimum Gasteiger partial charge on any atom is -0.497 e. The number of hydrogen-bond donors (Lipinski definition) is 0. The Balaban J connectivity index is 1.97. The molecule has 0 aliphatic heterocycles. The third-order valence-corrected chi connectivity index (χ3v) is 4.66. The van der Waals surface area contributed by atoms with Crippen LogP contribution in [0.25, 0.3) is 0 Å². The highest BCUT2D eigenvalue weighted by Crippen LogP contribution is 2.26. The molecule has 0 fully saturated rings. The van der Waals surface area contributed by atoms with Crippen LogP contribution in [0.15, 0.2) is 52.3 Å². The first kappa shape index (κ1) is 16.3. The van der Waals surface area contributed by atoms with Crippen molar-refractivity contribution in [2.24, 2.45) is 0 Å². The van der Waals surface area contributed by atoms with E-state index in [4.69, 9.17) is 9.15 Å². The Morgan fingerprint density at radius 1 is 1.21 bits per heavy atom. The van der Waals surface area contributed by atoms with Crippen LogP contribution in [0.3, 0.4) is 0 Å². The zero-order chi connectivity index (χ0) is 17.1. The van der Waals surface area contributed by atoms with Crippen LogP contribution in [0.2, 0.25) is 0 Å². The van der Waals surface area contributed by atoms with Crippen molar-refractivity contribution in [3.8, 4) is 5.75 Å². The van der Waals surface area contributed by atoms with Gasteiger partial charge in [-0.15, -0.1) is 11.3 Å². The van der Waals surface area contributed by atoms with E-state index in [1.54, 1.807) is 29.4 Å². The van der Waals surface area contributed by atoms with Crippen LogP contribution in [0.1, 0.15) is 26.8 Å². The summed E-state index contributed by atoms with van der Waals surface area (Å²) in [4.78, 5) is 16.0. The average Bonchev–Trinajstić information content (AvgIpc) is 3.21. The molecule has 0 unspecified atom stereocenters. The van der Waals surface area contributed by atoms with Gasteiger partial charge < -0.3 is 14.1 Å². The fourth-order valence-corrected chi connectivity index (χ4v) is 3.28. The van der Waals surface area contributed by atoms with E-state index in [2.05, 4.69) is 0 Å². The quantitative estimate of drug-likeness (QED) is 0.668. The molecule has 2 heterocycles. The van der Waals surface area contributed by atoms with Gasteiger partial charge in [-0.05, 0) is 55.6 Å². The van der Waals surface area contributed by atoms with Gasteiger partial charge in [0.15, 0.2) is 0 Å². The van der Waals surface area contributed by atoms with Crippen LogP contribution < -0.4 is 9.64 Å². The monoisotopic (exact) mass is 341 g/mol. The van der Waals surface area contributed by atoms with Gasteiger partial charge in [-0.25, -0.2) is 0 Å². The number of methoxy groups -OCH3 is 1. The maximum Gasteiger partial charge on any atom is 0.262 e. The van der Waals surface area contributed by atoms with Crippen molar-refractivity contribution in [3.05, 3.63) is 69.8 Å². The summed E-state index contributed by atoms with van der Waals surface area (Å²) in [6, 6.07) is 13.3. The van der Waals surface area contributed by atoms with Gasteiger partial charge in [0.2, 0.25) is 0 Å². The summed E-state index contributed by atoms with van der Waals surface area (Å²) in [5, 5.41) is 2.01. The first-order valence-electron chi connectivity index (χ1n) is 7.64. The predicted molar refractivity (Wildman–Crippen MR) is 96.0 cm³/mol. The van der Waals surface area contributed by atoms with Gasteiger partial charge in [0, 0.05) is 10.6 Å². The molecule has 24 heavy (non-hydrogen) atoms. The maximum atomic E-state index is 13.1. The number of hydrogen-bond acceptors (Lipinski definition) is 4. The second kappa shape index (κ2) is 6.93. The van der Waals surface area contributed by atoms with E-state index in [0.717, 1.165) is 22.1 Å². The Labute approximate surface area is 145 Å². The molecule has 0 saturated carbocycles. The molecule has 0 aliphatic rings. The summed E-state index contributed by atoms with van der Waals surface area (Å²) >= 11 is 1.63. The zero-order valence-electron chi connectivity index (χ0n) is 13.9. The largest absolute Gasteiger partial charge is 0.497 e. The molecule has 2 aromatic heterocycles. The van der Waals surface area contributed by atoms with Gasteiger partial charge in [0.25, 0.3) is 5.91 Å². The van der Waals surface area contributed by atoms with E-state index in [9.17, 15) is 4.79 Å². The number of nitrogens with zero attached hydrogens (tertiary/aromatic N) is 1.